The maximum atomic E-state index is 4.56. The molecule has 92 valence electrons. The second-order valence-electron chi connectivity index (χ2n) is 4.31. The van der Waals surface area contributed by atoms with Crippen molar-refractivity contribution in [1.29, 1.82) is 0 Å². The Bertz CT molecular complexity index is 582. The average molecular weight is 369 g/mol. The van der Waals surface area contributed by atoms with Gasteiger partial charge in [0.15, 0.2) is 0 Å². The van der Waals surface area contributed by atoms with Gasteiger partial charge in [0.2, 0.25) is 0 Å². The van der Waals surface area contributed by atoms with Crippen molar-refractivity contribution in [2.24, 2.45) is 0 Å². The molecule has 1 aromatic carbocycles. The largest absolute Gasteiger partial charge is 0.339 e. The molecule has 1 fully saturated rings. The Hall–Kier alpha value is -0.940. The Morgan fingerprint density at radius 3 is 2.61 bits per heavy atom. The Kier molecular flexibility index (Phi) is 3.35. The van der Waals surface area contributed by atoms with Gasteiger partial charge in [0.05, 0.1) is 5.69 Å². The number of anilines is 2. The van der Waals surface area contributed by atoms with E-state index >= 15 is 0 Å². The van der Waals surface area contributed by atoms with E-state index in [4.69, 9.17) is 0 Å². The van der Waals surface area contributed by atoms with Crippen molar-refractivity contribution in [2.75, 3.05) is 5.32 Å². The normalized spacial score (nSPS) is 14.6. The minimum Gasteiger partial charge on any atom is -0.339 e. The molecule has 3 rings (SSSR count). The van der Waals surface area contributed by atoms with E-state index < -0.39 is 0 Å². The smallest absolute Gasteiger partial charge is 0.135 e. The molecule has 1 heterocycles. The van der Waals surface area contributed by atoms with Gasteiger partial charge in [0.25, 0.3) is 0 Å². The summed E-state index contributed by atoms with van der Waals surface area (Å²) in [5, 5.41) is 3.31. The fourth-order valence-corrected chi connectivity index (χ4v) is 2.51. The van der Waals surface area contributed by atoms with Crippen LogP contribution in [0.5, 0.6) is 0 Å². The number of aromatic nitrogens is 2. The molecule has 0 radical (unpaired) electrons. The molecule has 0 saturated heterocycles. The Morgan fingerprint density at radius 1 is 1.11 bits per heavy atom. The van der Waals surface area contributed by atoms with Gasteiger partial charge in [-0.25, -0.2) is 9.97 Å². The summed E-state index contributed by atoms with van der Waals surface area (Å²) >= 11 is 6.95. The first-order valence-electron chi connectivity index (χ1n) is 5.78. The fraction of sp³-hybridized carbons (Fsp3) is 0.231. The lowest BCUT2D eigenvalue weighted by Crippen LogP contribution is -2.00. The Labute approximate surface area is 122 Å². The quantitative estimate of drug-likeness (QED) is 0.803. The summed E-state index contributed by atoms with van der Waals surface area (Å²) in [6, 6.07) is 9.88. The summed E-state index contributed by atoms with van der Waals surface area (Å²) in [7, 11) is 0. The summed E-state index contributed by atoms with van der Waals surface area (Å²) in [6.07, 6.45) is 2.40. The van der Waals surface area contributed by atoms with Gasteiger partial charge in [-0.15, -0.1) is 0 Å². The first-order valence-corrected chi connectivity index (χ1v) is 7.37. The lowest BCUT2D eigenvalue weighted by atomic mass is 10.3. The molecule has 0 aliphatic heterocycles. The zero-order chi connectivity index (χ0) is 12.5. The van der Waals surface area contributed by atoms with E-state index in [1.165, 1.54) is 12.8 Å². The molecular formula is C13H11Br2N3. The summed E-state index contributed by atoms with van der Waals surface area (Å²) in [4.78, 5) is 8.97. The minimum atomic E-state index is 0.544. The van der Waals surface area contributed by atoms with Crippen LogP contribution < -0.4 is 5.32 Å². The van der Waals surface area contributed by atoms with Crippen LogP contribution in [0.3, 0.4) is 0 Å². The summed E-state index contributed by atoms with van der Waals surface area (Å²) in [6.45, 7) is 0. The van der Waals surface area contributed by atoms with Gasteiger partial charge in [-0.05, 0) is 56.8 Å². The topological polar surface area (TPSA) is 37.8 Å². The van der Waals surface area contributed by atoms with Crippen LogP contribution in [0.2, 0.25) is 0 Å². The summed E-state index contributed by atoms with van der Waals surface area (Å²) < 4.78 is 1.85. The molecule has 3 nitrogen and oxygen atoms in total. The van der Waals surface area contributed by atoms with E-state index in [2.05, 4.69) is 47.1 Å². The van der Waals surface area contributed by atoms with Crippen molar-refractivity contribution >= 4 is 43.4 Å². The summed E-state index contributed by atoms with van der Waals surface area (Å²) in [5.41, 5.74) is 1.00. The summed E-state index contributed by atoms with van der Waals surface area (Å²) in [5.74, 6) is 2.30. The molecule has 1 aromatic heterocycles. The minimum absolute atomic E-state index is 0.544. The highest BCUT2D eigenvalue weighted by Gasteiger charge is 2.27. The van der Waals surface area contributed by atoms with E-state index in [1.807, 2.05) is 30.3 Å². The second-order valence-corrected chi connectivity index (χ2v) is 5.98. The molecule has 5 heteroatoms. The fourth-order valence-electron chi connectivity index (χ4n) is 1.72. The van der Waals surface area contributed by atoms with Crippen LogP contribution in [0.4, 0.5) is 11.5 Å². The number of para-hydroxylation sites is 1. The van der Waals surface area contributed by atoms with Crippen LogP contribution in [0.1, 0.15) is 24.6 Å². The number of rotatable bonds is 3. The molecule has 0 bridgehead atoms. The van der Waals surface area contributed by atoms with Gasteiger partial charge in [-0.3, -0.25) is 0 Å². The third kappa shape index (κ3) is 2.72. The van der Waals surface area contributed by atoms with Crippen LogP contribution in [0, 0.1) is 0 Å². The highest BCUT2D eigenvalue weighted by molar-refractivity contribution is 9.10. The Morgan fingerprint density at radius 2 is 1.89 bits per heavy atom. The molecule has 0 spiro atoms. The van der Waals surface area contributed by atoms with Gasteiger partial charge in [0, 0.05) is 16.5 Å². The molecule has 2 aromatic rings. The zero-order valence-electron chi connectivity index (χ0n) is 9.53. The number of nitrogens with zero attached hydrogens (tertiary/aromatic N) is 2. The number of halogens is 2. The molecule has 0 amide bonds. The number of hydrogen-bond donors (Lipinski definition) is 1. The van der Waals surface area contributed by atoms with Crippen LogP contribution in [-0.4, -0.2) is 9.97 Å². The molecular weight excluding hydrogens is 358 g/mol. The van der Waals surface area contributed by atoms with Crippen molar-refractivity contribution < 1.29 is 0 Å². The predicted molar refractivity (Wildman–Crippen MR) is 79.1 cm³/mol. The maximum Gasteiger partial charge on any atom is 0.135 e. The molecule has 1 N–H and O–H groups in total. The van der Waals surface area contributed by atoms with E-state index in [0.29, 0.717) is 5.92 Å². The van der Waals surface area contributed by atoms with Gasteiger partial charge in [0.1, 0.15) is 16.2 Å². The number of nitrogens with one attached hydrogen (secondary N) is 1. The Balaban J connectivity index is 1.90. The molecule has 18 heavy (non-hydrogen) atoms. The lowest BCUT2D eigenvalue weighted by molar-refractivity contribution is 0.919. The first kappa shape index (κ1) is 12.1. The SMILES string of the molecule is Brc1cc(Nc2ccccc2Br)nc(C2CC2)n1. The third-order valence-electron chi connectivity index (χ3n) is 2.79. The number of benzene rings is 1. The monoisotopic (exact) mass is 367 g/mol. The van der Waals surface area contributed by atoms with Crippen molar-refractivity contribution in [2.45, 2.75) is 18.8 Å². The highest BCUT2D eigenvalue weighted by atomic mass is 79.9. The molecule has 0 unspecified atom stereocenters. The van der Waals surface area contributed by atoms with E-state index in [-0.39, 0.29) is 0 Å². The van der Waals surface area contributed by atoms with Crippen molar-refractivity contribution in [3.05, 3.63) is 45.2 Å². The molecule has 1 aliphatic carbocycles. The zero-order valence-corrected chi connectivity index (χ0v) is 12.7. The van der Waals surface area contributed by atoms with Crippen molar-refractivity contribution in [3.63, 3.8) is 0 Å². The average Bonchev–Trinajstić information content (AvgIpc) is 3.15. The van der Waals surface area contributed by atoms with Crippen molar-refractivity contribution in [1.82, 2.24) is 9.97 Å². The molecule has 1 saturated carbocycles. The van der Waals surface area contributed by atoms with Crippen LogP contribution in [0.25, 0.3) is 0 Å². The van der Waals surface area contributed by atoms with Crippen molar-refractivity contribution in [3.8, 4) is 0 Å². The van der Waals surface area contributed by atoms with Gasteiger partial charge in [-0.1, -0.05) is 12.1 Å². The van der Waals surface area contributed by atoms with Gasteiger partial charge < -0.3 is 5.32 Å². The van der Waals surface area contributed by atoms with Gasteiger partial charge >= 0.3 is 0 Å². The van der Waals surface area contributed by atoms with Crippen LogP contribution in [-0.2, 0) is 0 Å². The third-order valence-corrected chi connectivity index (χ3v) is 3.89. The number of hydrogen-bond acceptors (Lipinski definition) is 3. The molecule has 0 atom stereocenters. The van der Waals surface area contributed by atoms with E-state index in [0.717, 1.165) is 26.4 Å². The predicted octanol–water partition coefficient (Wildman–Crippen LogP) is 4.62. The first-order chi connectivity index (χ1) is 8.72. The standard InChI is InChI=1S/C13H11Br2N3/c14-9-3-1-2-4-10(9)16-12-7-11(15)17-13(18-12)8-5-6-8/h1-4,7-8H,5-6H2,(H,16,17,18). The highest BCUT2D eigenvalue weighted by Crippen LogP contribution is 2.39. The second kappa shape index (κ2) is 4.97. The van der Waals surface area contributed by atoms with E-state index in [9.17, 15) is 0 Å². The van der Waals surface area contributed by atoms with Gasteiger partial charge in [-0.2, -0.15) is 0 Å². The van der Waals surface area contributed by atoms with Crippen LogP contribution in [0.15, 0.2) is 39.4 Å². The van der Waals surface area contributed by atoms with Crippen LogP contribution >= 0.6 is 31.9 Å². The lowest BCUT2D eigenvalue weighted by Gasteiger charge is -2.09. The molecule has 1 aliphatic rings. The van der Waals surface area contributed by atoms with E-state index in [1.54, 1.807) is 0 Å². The maximum absolute atomic E-state index is 4.56.